The van der Waals surface area contributed by atoms with Gasteiger partial charge in [-0.15, -0.1) is 0 Å². The Bertz CT molecular complexity index is 703. The third-order valence-electron chi connectivity index (χ3n) is 3.04. The summed E-state index contributed by atoms with van der Waals surface area (Å²) in [4.78, 5) is 0. The van der Waals surface area contributed by atoms with Crippen LogP contribution in [0.1, 0.15) is 17.4 Å². The Morgan fingerprint density at radius 2 is 1.79 bits per heavy atom. The SMILES string of the molecule is NC(c1cc2ccccc2o1)c1cc(Br)ccc1Br. The first-order chi connectivity index (χ1) is 9.15. The lowest BCUT2D eigenvalue weighted by Gasteiger charge is -2.11. The van der Waals surface area contributed by atoms with Crippen molar-refractivity contribution in [1.29, 1.82) is 0 Å². The zero-order valence-electron chi connectivity index (χ0n) is 9.94. The van der Waals surface area contributed by atoms with Crippen LogP contribution in [0.5, 0.6) is 0 Å². The Balaban J connectivity index is 2.07. The third kappa shape index (κ3) is 2.48. The number of hydrogen-bond acceptors (Lipinski definition) is 2. The lowest BCUT2D eigenvalue weighted by atomic mass is 10.1. The highest BCUT2D eigenvalue weighted by Gasteiger charge is 2.17. The van der Waals surface area contributed by atoms with E-state index >= 15 is 0 Å². The van der Waals surface area contributed by atoms with Crippen molar-refractivity contribution in [2.24, 2.45) is 5.73 Å². The van der Waals surface area contributed by atoms with E-state index in [1.54, 1.807) is 0 Å². The molecule has 1 atom stereocenters. The van der Waals surface area contributed by atoms with Gasteiger partial charge in [-0.3, -0.25) is 0 Å². The minimum atomic E-state index is -0.292. The van der Waals surface area contributed by atoms with Gasteiger partial charge in [-0.25, -0.2) is 0 Å². The van der Waals surface area contributed by atoms with Gasteiger partial charge in [0.05, 0.1) is 6.04 Å². The largest absolute Gasteiger partial charge is 0.459 e. The summed E-state index contributed by atoms with van der Waals surface area (Å²) in [5.41, 5.74) is 8.16. The summed E-state index contributed by atoms with van der Waals surface area (Å²) in [5.74, 6) is 0.764. The maximum atomic E-state index is 6.31. The van der Waals surface area contributed by atoms with E-state index in [1.807, 2.05) is 48.5 Å². The molecule has 0 radical (unpaired) electrons. The molecule has 0 bridgehead atoms. The summed E-state index contributed by atoms with van der Waals surface area (Å²) in [6, 6.07) is 15.6. The fourth-order valence-electron chi connectivity index (χ4n) is 2.06. The molecular formula is C15H11Br2NO. The van der Waals surface area contributed by atoms with E-state index in [4.69, 9.17) is 10.2 Å². The van der Waals surface area contributed by atoms with Crippen LogP contribution in [-0.2, 0) is 0 Å². The highest BCUT2D eigenvalue weighted by Crippen LogP contribution is 2.32. The van der Waals surface area contributed by atoms with E-state index in [1.165, 1.54) is 0 Å². The normalized spacial score (nSPS) is 12.8. The van der Waals surface area contributed by atoms with Crippen molar-refractivity contribution in [3.8, 4) is 0 Å². The van der Waals surface area contributed by atoms with Gasteiger partial charge in [-0.1, -0.05) is 50.1 Å². The Morgan fingerprint density at radius 1 is 1.00 bits per heavy atom. The number of rotatable bonds is 2. The number of fused-ring (bicyclic) bond motifs is 1. The van der Waals surface area contributed by atoms with Crippen LogP contribution in [0.4, 0.5) is 0 Å². The zero-order valence-corrected chi connectivity index (χ0v) is 13.1. The van der Waals surface area contributed by atoms with E-state index in [-0.39, 0.29) is 6.04 Å². The molecule has 4 heteroatoms. The van der Waals surface area contributed by atoms with Gasteiger partial charge in [0.25, 0.3) is 0 Å². The van der Waals surface area contributed by atoms with Crippen molar-refractivity contribution in [2.75, 3.05) is 0 Å². The first-order valence-corrected chi connectivity index (χ1v) is 7.43. The second kappa shape index (κ2) is 5.12. The maximum Gasteiger partial charge on any atom is 0.134 e. The summed E-state index contributed by atoms with van der Waals surface area (Å²) in [6.45, 7) is 0. The predicted octanol–water partition coefficient (Wildman–Crippen LogP) is 5.01. The molecular weight excluding hydrogens is 370 g/mol. The molecule has 3 rings (SSSR count). The molecule has 0 aliphatic heterocycles. The van der Waals surface area contributed by atoms with Gasteiger partial charge in [-0.2, -0.15) is 0 Å². The van der Waals surface area contributed by atoms with Crippen molar-refractivity contribution in [2.45, 2.75) is 6.04 Å². The molecule has 0 amide bonds. The molecule has 1 heterocycles. The average molecular weight is 381 g/mol. The summed E-state index contributed by atoms with van der Waals surface area (Å²) in [6.07, 6.45) is 0. The van der Waals surface area contributed by atoms with Crippen LogP contribution in [0.15, 0.2) is 61.9 Å². The molecule has 0 spiro atoms. The molecule has 2 N–H and O–H groups in total. The van der Waals surface area contributed by atoms with E-state index in [9.17, 15) is 0 Å². The zero-order chi connectivity index (χ0) is 13.4. The average Bonchev–Trinajstić information content (AvgIpc) is 2.84. The molecule has 3 aromatic rings. The molecule has 0 saturated carbocycles. The molecule has 19 heavy (non-hydrogen) atoms. The van der Waals surface area contributed by atoms with Crippen molar-refractivity contribution in [1.82, 2.24) is 0 Å². The predicted molar refractivity (Wildman–Crippen MR) is 84.1 cm³/mol. The molecule has 0 saturated heterocycles. The summed E-state index contributed by atoms with van der Waals surface area (Å²) in [5, 5.41) is 1.07. The number of halogens is 2. The molecule has 1 unspecified atom stereocenters. The molecule has 0 fully saturated rings. The molecule has 1 aromatic heterocycles. The fourth-order valence-corrected chi connectivity index (χ4v) is 2.93. The van der Waals surface area contributed by atoms with E-state index in [2.05, 4.69) is 31.9 Å². The minimum Gasteiger partial charge on any atom is -0.459 e. The second-order valence-corrected chi connectivity index (χ2v) is 6.10. The van der Waals surface area contributed by atoms with Crippen LogP contribution in [-0.4, -0.2) is 0 Å². The number of para-hydroxylation sites is 1. The van der Waals surface area contributed by atoms with Gasteiger partial charge in [0.1, 0.15) is 11.3 Å². The Labute approximate surface area is 127 Å². The van der Waals surface area contributed by atoms with Crippen molar-refractivity contribution < 1.29 is 4.42 Å². The highest BCUT2D eigenvalue weighted by molar-refractivity contribution is 9.11. The third-order valence-corrected chi connectivity index (χ3v) is 4.26. The summed E-state index contributed by atoms with van der Waals surface area (Å²) >= 11 is 6.99. The fraction of sp³-hybridized carbons (Fsp3) is 0.0667. The smallest absolute Gasteiger partial charge is 0.134 e. The molecule has 0 aliphatic carbocycles. The number of nitrogens with two attached hydrogens (primary N) is 1. The van der Waals surface area contributed by atoms with Gasteiger partial charge < -0.3 is 10.2 Å². The van der Waals surface area contributed by atoms with E-state index in [0.717, 1.165) is 31.2 Å². The molecule has 2 aromatic carbocycles. The maximum absolute atomic E-state index is 6.31. The second-order valence-electron chi connectivity index (χ2n) is 4.33. The van der Waals surface area contributed by atoms with Crippen LogP contribution < -0.4 is 5.73 Å². The van der Waals surface area contributed by atoms with Crippen LogP contribution in [0.3, 0.4) is 0 Å². The standard InChI is InChI=1S/C15H11Br2NO/c16-10-5-6-12(17)11(8-10)15(18)14-7-9-3-1-2-4-13(9)19-14/h1-8,15H,18H2. The summed E-state index contributed by atoms with van der Waals surface area (Å²) < 4.78 is 7.79. The number of hydrogen-bond donors (Lipinski definition) is 1. The quantitative estimate of drug-likeness (QED) is 0.678. The van der Waals surface area contributed by atoms with Crippen LogP contribution in [0, 0.1) is 0 Å². The summed E-state index contributed by atoms with van der Waals surface area (Å²) in [7, 11) is 0. The van der Waals surface area contributed by atoms with Gasteiger partial charge in [0, 0.05) is 14.3 Å². The van der Waals surface area contributed by atoms with Gasteiger partial charge in [-0.05, 0) is 35.9 Å². The van der Waals surface area contributed by atoms with Crippen molar-refractivity contribution in [3.05, 3.63) is 68.8 Å². The topological polar surface area (TPSA) is 39.2 Å². The monoisotopic (exact) mass is 379 g/mol. The Morgan fingerprint density at radius 3 is 2.58 bits per heavy atom. The Kier molecular flexibility index (Phi) is 3.48. The first kappa shape index (κ1) is 12.9. The van der Waals surface area contributed by atoms with Crippen LogP contribution >= 0.6 is 31.9 Å². The van der Waals surface area contributed by atoms with Crippen LogP contribution in [0.2, 0.25) is 0 Å². The molecule has 0 aliphatic rings. The van der Waals surface area contributed by atoms with Crippen molar-refractivity contribution in [3.63, 3.8) is 0 Å². The van der Waals surface area contributed by atoms with E-state index in [0.29, 0.717) is 0 Å². The van der Waals surface area contributed by atoms with Gasteiger partial charge in [0.15, 0.2) is 0 Å². The van der Waals surface area contributed by atoms with E-state index < -0.39 is 0 Å². The van der Waals surface area contributed by atoms with Crippen molar-refractivity contribution >= 4 is 42.8 Å². The number of benzene rings is 2. The minimum absolute atomic E-state index is 0.292. The van der Waals surface area contributed by atoms with Gasteiger partial charge in [0.2, 0.25) is 0 Å². The number of furan rings is 1. The first-order valence-electron chi connectivity index (χ1n) is 5.84. The van der Waals surface area contributed by atoms with Gasteiger partial charge >= 0.3 is 0 Å². The highest BCUT2D eigenvalue weighted by atomic mass is 79.9. The lowest BCUT2D eigenvalue weighted by Crippen LogP contribution is -2.11. The Hall–Kier alpha value is -1.10. The van der Waals surface area contributed by atoms with Crippen LogP contribution in [0.25, 0.3) is 11.0 Å². The molecule has 2 nitrogen and oxygen atoms in total. The molecule has 96 valence electrons. The lowest BCUT2D eigenvalue weighted by molar-refractivity contribution is 0.524.